The van der Waals surface area contributed by atoms with E-state index in [-0.39, 0.29) is 60.8 Å². The summed E-state index contributed by atoms with van der Waals surface area (Å²) in [5, 5.41) is 4.59. The number of carbonyl (C=O) groups is 2. The van der Waals surface area contributed by atoms with E-state index in [1.54, 1.807) is 25.4 Å². The highest BCUT2D eigenvalue weighted by Crippen LogP contribution is 2.36. The number of piperidine rings is 1. The number of aromatic amines is 1. The molecule has 0 aliphatic carbocycles. The highest BCUT2D eigenvalue weighted by atomic mass is 32.2. The fraction of sp³-hybridized carbons (Fsp3) is 0.393. The molecule has 0 spiro atoms. The molecule has 9 nitrogen and oxygen atoms in total. The van der Waals surface area contributed by atoms with Crippen molar-refractivity contribution in [3.05, 3.63) is 65.1 Å². The Kier molecular flexibility index (Phi) is 10.1. The van der Waals surface area contributed by atoms with Crippen molar-refractivity contribution >= 4 is 38.9 Å². The van der Waals surface area contributed by atoms with Crippen LogP contribution in [0.25, 0.3) is 10.4 Å². The van der Waals surface area contributed by atoms with Gasteiger partial charge in [-0.15, -0.1) is 11.3 Å². The average Bonchev–Trinajstić information content (AvgIpc) is 3.64. The molecule has 1 atom stereocenters. The molecular weight excluding hydrogens is 572 g/mol. The number of aromatic nitrogens is 2. The Hall–Kier alpha value is -3.42. The van der Waals surface area contributed by atoms with E-state index < -0.39 is 28.1 Å². The Balaban J connectivity index is 1.63. The lowest BCUT2D eigenvalue weighted by Gasteiger charge is -2.31. The zero-order valence-electron chi connectivity index (χ0n) is 22.9. The molecule has 1 aliphatic rings. The Labute approximate surface area is 242 Å². The summed E-state index contributed by atoms with van der Waals surface area (Å²) in [6.45, 7) is 3.70. The number of hydrogen-bond acceptors (Lipinski definition) is 6. The molecule has 220 valence electrons. The van der Waals surface area contributed by atoms with Crippen molar-refractivity contribution < 1.29 is 26.8 Å². The zero-order chi connectivity index (χ0) is 29.6. The second-order valence-corrected chi connectivity index (χ2v) is 12.4. The lowest BCUT2D eigenvalue weighted by molar-refractivity contribution is -0.133. The van der Waals surface area contributed by atoms with Crippen molar-refractivity contribution in [1.82, 2.24) is 19.6 Å². The van der Waals surface area contributed by atoms with Crippen LogP contribution in [-0.2, 0) is 26.0 Å². The second kappa shape index (κ2) is 13.5. The average molecular weight is 606 g/mol. The second-order valence-electron chi connectivity index (χ2n) is 9.79. The molecule has 13 heteroatoms. The number of rotatable bonds is 11. The first-order chi connectivity index (χ1) is 19.6. The highest BCUT2D eigenvalue weighted by molar-refractivity contribution is 7.89. The SMILES string of the molecule is CCC(=O)Nc1c(-c2cccs2)cccc1S(=O)(=O)N[C@@H](CCCc1nc[nH]c1C)C(=O)N1CCC(=C(F)F)CC1. The first-order valence-corrected chi connectivity index (χ1v) is 15.8. The lowest BCUT2D eigenvalue weighted by Crippen LogP contribution is -2.50. The third-order valence-electron chi connectivity index (χ3n) is 7.07. The third kappa shape index (κ3) is 7.46. The normalized spacial score (nSPS) is 14.6. The molecule has 4 rings (SSSR count). The quantitative estimate of drug-likeness (QED) is 0.276. The number of aryl methyl sites for hydroxylation is 2. The summed E-state index contributed by atoms with van der Waals surface area (Å²) >= 11 is 1.40. The molecule has 0 unspecified atom stereocenters. The van der Waals surface area contributed by atoms with Crippen molar-refractivity contribution in [2.75, 3.05) is 18.4 Å². The maximum Gasteiger partial charge on any atom is 0.269 e. The number of thiophene rings is 1. The first-order valence-electron chi connectivity index (χ1n) is 13.4. The summed E-state index contributed by atoms with van der Waals surface area (Å²) in [5.41, 5.74) is 2.41. The van der Waals surface area contributed by atoms with E-state index in [0.717, 1.165) is 16.3 Å². The molecule has 41 heavy (non-hydrogen) atoms. The van der Waals surface area contributed by atoms with Crippen LogP contribution in [0, 0.1) is 6.92 Å². The topological polar surface area (TPSA) is 124 Å². The number of carbonyl (C=O) groups excluding carboxylic acids is 2. The Morgan fingerprint density at radius 3 is 2.54 bits per heavy atom. The van der Waals surface area contributed by atoms with Gasteiger partial charge >= 0.3 is 0 Å². The van der Waals surface area contributed by atoms with E-state index in [2.05, 4.69) is 20.0 Å². The number of sulfonamides is 1. The number of para-hydroxylation sites is 1. The number of nitrogens with zero attached hydrogens (tertiary/aromatic N) is 2. The molecule has 0 radical (unpaired) electrons. The van der Waals surface area contributed by atoms with Crippen molar-refractivity contribution in [3.8, 4) is 10.4 Å². The molecule has 0 saturated carbocycles. The molecule has 1 aliphatic heterocycles. The molecular formula is C28H33F2N5O4S2. The van der Waals surface area contributed by atoms with Crippen LogP contribution in [0.2, 0.25) is 0 Å². The molecule has 3 N–H and O–H groups in total. The van der Waals surface area contributed by atoms with Gasteiger partial charge < -0.3 is 15.2 Å². The zero-order valence-corrected chi connectivity index (χ0v) is 24.5. The highest BCUT2D eigenvalue weighted by Gasteiger charge is 2.33. The fourth-order valence-corrected chi connectivity index (χ4v) is 6.92. The van der Waals surface area contributed by atoms with Crippen molar-refractivity contribution in [3.63, 3.8) is 0 Å². The fourth-order valence-electron chi connectivity index (χ4n) is 4.75. The molecule has 1 saturated heterocycles. The Morgan fingerprint density at radius 1 is 1.17 bits per heavy atom. The minimum Gasteiger partial charge on any atom is -0.348 e. The summed E-state index contributed by atoms with van der Waals surface area (Å²) in [6, 6.07) is 7.23. The van der Waals surface area contributed by atoms with Gasteiger partial charge in [-0.3, -0.25) is 9.59 Å². The predicted octanol–water partition coefficient (Wildman–Crippen LogP) is 5.24. The maximum absolute atomic E-state index is 13.9. The number of hydrogen-bond donors (Lipinski definition) is 3. The van der Waals surface area contributed by atoms with Crippen LogP contribution < -0.4 is 10.0 Å². The smallest absolute Gasteiger partial charge is 0.269 e. The lowest BCUT2D eigenvalue weighted by atomic mass is 10.0. The van der Waals surface area contributed by atoms with Gasteiger partial charge in [0.15, 0.2) is 0 Å². The number of benzene rings is 1. The van der Waals surface area contributed by atoms with Gasteiger partial charge in [0, 0.05) is 35.6 Å². The Morgan fingerprint density at radius 2 is 1.93 bits per heavy atom. The summed E-state index contributed by atoms with van der Waals surface area (Å²) in [4.78, 5) is 35.4. The molecule has 1 fully saturated rings. The van der Waals surface area contributed by atoms with Gasteiger partial charge in [-0.1, -0.05) is 25.1 Å². The van der Waals surface area contributed by atoms with Gasteiger partial charge in [-0.25, -0.2) is 13.4 Å². The van der Waals surface area contributed by atoms with E-state index in [1.165, 1.54) is 22.3 Å². The van der Waals surface area contributed by atoms with Crippen LogP contribution >= 0.6 is 11.3 Å². The van der Waals surface area contributed by atoms with E-state index in [4.69, 9.17) is 0 Å². The van der Waals surface area contributed by atoms with Crippen molar-refractivity contribution in [2.45, 2.75) is 63.3 Å². The molecule has 0 bridgehead atoms. The van der Waals surface area contributed by atoms with Gasteiger partial charge in [-0.2, -0.15) is 13.5 Å². The maximum atomic E-state index is 13.9. The van der Waals surface area contributed by atoms with Gasteiger partial charge in [0.05, 0.1) is 17.7 Å². The number of nitrogens with one attached hydrogen (secondary N) is 3. The molecule has 3 heterocycles. The van der Waals surface area contributed by atoms with Gasteiger partial charge in [-0.05, 0) is 62.1 Å². The standard InChI is InChI=1S/C28H33F2N5O4S2/c1-3-25(36)33-26-20(23-10-6-16-40-23)7-4-11-24(26)41(38,39)34-22(9-5-8-21-18(2)31-17-32-21)28(37)35-14-12-19(13-15-35)27(29)30/h4,6-7,10-11,16-17,22,34H,3,5,8-9,12-15H2,1-2H3,(H,31,32)(H,33,36)/t22-/m0/s1. The predicted molar refractivity (Wildman–Crippen MR) is 154 cm³/mol. The number of likely N-dealkylation sites (tertiary alicyclic amines) is 1. The summed E-state index contributed by atoms with van der Waals surface area (Å²) in [7, 11) is -4.32. The Bertz CT molecular complexity index is 1510. The van der Waals surface area contributed by atoms with Gasteiger partial charge in [0.1, 0.15) is 10.9 Å². The van der Waals surface area contributed by atoms with Gasteiger partial charge in [0.25, 0.3) is 6.08 Å². The van der Waals surface area contributed by atoms with E-state index >= 15 is 0 Å². The van der Waals surface area contributed by atoms with E-state index in [9.17, 15) is 26.8 Å². The van der Waals surface area contributed by atoms with Crippen LogP contribution in [0.3, 0.4) is 0 Å². The number of imidazole rings is 1. The molecule has 2 amide bonds. The van der Waals surface area contributed by atoms with Crippen LogP contribution in [0.1, 0.15) is 50.4 Å². The number of halogens is 2. The van der Waals surface area contributed by atoms with Gasteiger partial charge in [0.2, 0.25) is 21.8 Å². The summed E-state index contributed by atoms with van der Waals surface area (Å²) in [5.74, 6) is -0.830. The molecule has 1 aromatic carbocycles. The van der Waals surface area contributed by atoms with Crippen molar-refractivity contribution in [1.29, 1.82) is 0 Å². The third-order valence-corrected chi connectivity index (χ3v) is 9.49. The van der Waals surface area contributed by atoms with Crippen molar-refractivity contribution in [2.24, 2.45) is 0 Å². The number of H-pyrrole nitrogens is 1. The summed E-state index contributed by atoms with van der Waals surface area (Å²) in [6.07, 6.45) is 1.21. The minimum absolute atomic E-state index is 0.0156. The van der Waals surface area contributed by atoms with Crippen LogP contribution in [0.15, 0.2) is 58.6 Å². The minimum atomic E-state index is -4.32. The van der Waals surface area contributed by atoms with Crippen LogP contribution in [0.4, 0.5) is 14.5 Å². The summed E-state index contributed by atoms with van der Waals surface area (Å²) < 4.78 is 56.5. The number of anilines is 1. The molecule has 3 aromatic rings. The molecule has 2 aromatic heterocycles. The largest absolute Gasteiger partial charge is 0.348 e. The van der Waals surface area contributed by atoms with Crippen LogP contribution in [0.5, 0.6) is 0 Å². The van der Waals surface area contributed by atoms with E-state index in [1.807, 2.05) is 24.4 Å². The first kappa shape index (κ1) is 30.5. The number of amides is 2. The monoisotopic (exact) mass is 605 g/mol. The van der Waals surface area contributed by atoms with E-state index in [0.29, 0.717) is 18.4 Å². The van der Waals surface area contributed by atoms with Crippen LogP contribution in [-0.4, -0.2) is 54.2 Å².